The van der Waals surface area contributed by atoms with Gasteiger partial charge in [0.2, 0.25) is 0 Å². The van der Waals surface area contributed by atoms with E-state index < -0.39 is 0 Å². The molecule has 4 heteroatoms. The molecule has 2 rings (SSSR count). The maximum absolute atomic E-state index is 9.23. The summed E-state index contributed by atoms with van der Waals surface area (Å²) < 4.78 is 2.61. The van der Waals surface area contributed by atoms with E-state index in [1.54, 1.807) is 4.73 Å². The van der Waals surface area contributed by atoms with Gasteiger partial charge in [0.1, 0.15) is 6.61 Å². The standard InChI is InChI=1S/C24H30N2OS/c1-4-7-20(16-25)10-9-19-11-13-21(14-12-19)23-18-26(27-15-6-3)17-22(8-5-2)24(23)28/h5,11-14,17-18,20H,2,4,6-10,15H2,1,3H3. The van der Waals surface area contributed by atoms with Crippen LogP contribution < -0.4 is 4.84 Å². The van der Waals surface area contributed by atoms with Crippen LogP contribution in [-0.2, 0) is 12.8 Å². The molecule has 0 radical (unpaired) electrons. The first-order chi connectivity index (χ1) is 13.6. The van der Waals surface area contributed by atoms with Crippen LogP contribution in [-0.4, -0.2) is 11.3 Å². The molecular formula is C24H30N2OS. The minimum Gasteiger partial charge on any atom is -0.414 e. The van der Waals surface area contributed by atoms with Crippen molar-refractivity contribution in [3.8, 4) is 17.2 Å². The summed E-state index contributed by atoms with van der Waals surface area (Å²) in [5.41, 5.74) is 4.37. The average molecular weight is 395 g/mol. The molecule has 3 nitrogen and oxygen atoms in total. The van der Waals surface area contributed by atoms with Crippen LogP contribution in [0.4, 0.5) is 0 Å². The minimum absolute atomic E-state index is 0.147. The fourth-order valence-electron chi connectivity index (χ4n) is 3.20. The molecule has 0 amide bonds. The largest absolute Gasteiger partial charge is 0.414 e. The number of aromatic nitrogens is 1. The molecule has 1 unspecified atom stereocenters. The Kier molecular flexibility index (Phi) is 8.97. The maximum Gasteiger partial charge on any atom is 0.114 e. The van der Waals surface area contributed by atoms with Gasteiger partial charge in [0, 0.05) is 17.7 Å². The van der Waals surface area contributed by atoms with E-state index in [1.165, 1.54) is 5.56 Å². The lowest BCUT2D eigenvalue weighted by Crippen LogP contribution is -2.13. The first-order valence-electron chi connectivity index (χ1n) is 10.1. The molecule has 1 aromatic carbocycles. The fourth-order valence-corrected chi connectivity index (χ4v) is 3.51. The highest BCUT2D eigenvalue weighted by atomic mass is 32.1. The zero-order chi connectivity index (χ0) is 20.4. The quantitative estimate of drug-likeness (QED) is 0.330. The van der Waals surface area contributed by atoms with Gasteiger partial charge in [0.05, 0.1) is 16.8 Å². The van der Waals surface area contributed by atoms with Gasteiger partial charge in [-0.05, 0) is 48.8 Å². The summed E-state index contributed by atoms with van der Waals surface area (Å²) in [6.07, 6.45) is 11.3. The van der Waals surface area contributed by atoms with Gasteiger partial charge in [0.25, 0.3) is 0 Å². The zero-order valence-corrected chi connectivity index (χ0v) is 17.8. The summed E-state index contributed by atoms with van der Waals surface area (Å²) in [5.74, 6) is 0.147. The molecule has 0 aliphatic rings. The lowest BCUT2D eigenvalue weighted by atomic mass is 9.95. The Labute approximate surface area is 174 Å². The van der Waals surface area contributed by atoms with Gasteiger partial charge in [-0.15, -0.1) is 6.58 Å². The van der Waals surface area contributed by atoms with Crippen molar-refractivity contribution in [3.63, 3.8) is 0 Å². The van der Waals surface area contributed by atoms with Crippen molar-refractivity contribution < 1.29 is 4.84 Å². The number of nitrogens with zero attached hydrogens (tertiary/aromatic N) is 2. The molecule has 0 aliphatic carbocycles. The molecule has 0 spiro atoms. The Balaban J connectivity index is 2.24. The number of hydrogen-bond donors (Lipinski definition) is 0. The van der Waals surface area contributed by atoms with Crippen LogP contribution in [0.1, 0.15) is 50.7 Å². The second-order valence-electron chi connectivity index (χ2n) is 7.06. The van der Waals surface area contributed by atoms with E-state index in [0.717, 1.165) is 53.3 Å². The van der Waals surface area contributed by atoms with Gasteiger partial charge in [-0.2, -0.15) is 9.99 Å². The van der Waals surface area contributed by atoms with Crippen LogP contribution >= 0.6 is 12.2 Å². The Morgan fingerprint density at radius 1 is 1.18 bits per heavy atom. The van der Waals surface area contributed by atoms with Crippen molar-refractivity contribution in [2.24, 2.45) is 5.92 Å². The predicted molar refractivity (Wildman–Crippen MR) is 119 cm³/mol. The molecule has 0 saturated carbocycles. The highest BCUT2D eigenvalue weighted by Crippen LogP contribution is 2.24. The van der Waals surface area contributed by atoms with Gasteiger partial charge < -0.3 is 4.84 Å². The van der Waals surface area contributed by atoms with Gasteiger partial charge >= 0.3 is 0 Å². The van der Waals surface area contributed by atoms with Gasteiger partial charge in [0.15, 0.2) is 0 Å². The monoisotopic (exact) mass is 394 g/mol. The Morgan fingerprint density at radius 3 is 2.54 bits per heavy atom. The second-order valence-corrected chi connectivity index (χ2v) is 7.47. The number of aryl methyl sites for hydroxylation is 1. The predicted octanol–water partition coefficient (Wildman–Crippen LogP) is 6.32. The summed E-state index contributed by atoms with van der Waals surface area (Å²) in [7, 11) is 0. The molecule has 0 bridgehead atoms. The third-order valence-electron chi connectivity index (χ3n) is 4.75. The number of pyridine rings is 1. The Bertz CT molecular complexity index is 862. The number of allylic oxidation sites excluding steroid dienone is 1. The molecule has 1 heterocycles. The van der Waals surface area contributed by atoms with Crippen LogP contribution in [0.15, 0.2) is 49.3 Å². The van der Waals surface area contributed by atoms with Gasteiger partial charge in [-0.25, -0.2) is 0 Å². The molecule has 1 atom stereocenters. The molecule has 0 fully saturated rings. The van der Waals surface area contributed by atoms with Crippen molar-refractivity contribution in [2.45, 2.75) is 52.4 Å². The molecule has 28 heavy (non-hydrogen) atoms. The smallest absolute Gasteiger partial charge is 0.114 e. The first-order valence-corrected chi connectivity index (χ1v) is 10.5. The fraction of sp³-hybridized carbons (Fsp3) is 0.417. The normalized spacial score (nSPS) is 11.6. The Morgan fingerprint density at radius 2 is 1.93 bits per heavy atom. The van der Waals surface area contributed by atoms with Crippen molar-refractivity contribution in [2.75, 3.05) is 6.61 Å². The maximum atomic E-state index is 9.23. The summed E-state index contributed by atoms with van der Waals surface area (Å²) in [6.45, 7) is 8.71. The molecule has 1 aromatic heterocycles. The summed E-state index contributed by atoms with van der Waals surface area (Å²) >= 11 is 5.72. The third kappa shape index (κ3) is 6.07. The molecular weight excluding hydrogens is 364 g/mol. The number of rotatable bonds is 11. The highest BCUT2D eigenvalue weighted by Gasteiger charge is 2.09. The summed E-state index contributed by atoms with van der Waals surface area (Å²) in [5, 5.41) is 9.23. The topological polar surface area (TPSA) is 38.0 Å². The number of hydrogen-bond acceptors (Lipinski definition) is 3. The minimum atomic E-state index is 0.147. The van der Waals surface area contributed by atoms with Crippen LogP contribution in [0.2, 0.25) is 0 Å². The first kappa shape index (κ1) is 21.9. The van der Waals surface area contributed by atoms with Crippen LogP contribution in [0.3, 0.4) is 0 Å². The Hall–Kier alpha value is -2.38. The van der Waals surface area contributed by atoms with Crippen molar-refractivity contribution in [1.82, 2.24) is 4.73 Å². The highest BCUT2D eigenvalue weighted by molar-refractivity contribution is 7.71. The van der Waals surface area contributed by atoms with E-state index in [-0.39, 0.29) is 5.92 Å². The second kappa shape index (κ2) is 11.5. The van der Waals surface area contributed by atoms with Crippen molar-refractivity contribution >= 4 is 12.2 Å². The van der Waals surface area contributed by atoms with Crippen LogP contribution in [0.5, 0.6) is 0 Å². The molecule has 0 aliphatic heterocycles. The molecule has 0 N–H and O–H groups in total. The third-order valence-corrected chi connectivity index (χ3v) is 5.23. The van der Waals surface area contributed by atoms with E-state index in [2.05, 4.69) is 50.8 Å². The van der Waals surface area contributed by atoms with Crippen LogP contribution in [0, 0.1) is 21.8 Å². The van der Waals surface area contributed by atoms with E-state index in [9.17, 15) is 5.26 Å². The number of nitriles is 1. The number of benzene rings is 1. The lowest BCUT2D eigenvalue weighted by molar-refractivity contribution is 0.109. The summed E-state index contributed by atoms with van der Waals surface area (Å²) in [6, 6.07) is 10.9. The average Bonchev–Trinajstić information content (AvgIpc) is 2.72. The van der Waals surface area contributed by atoms with Crippen LogP contribution in [0.25, 0.3) is 11.1 Å². The van der Waals surface area contributed by atoms with E-state index in [1.807, 2.05) is 18.5 Å². The molecule has 0 saturated heterocycles. The van der Waals surface area contributed by atoms with E-state index >= 15 is 0 Å². The van der Waals surface area contributed by atoms with E-state index in [4.69, 9.17) is 17.1 Å². The van der Waals surface area contributed by atoms with Crippen molar-refractivity contribution in [1.29, 1.82) is 5.26 Å². The van der Waals surface area contributed by atoms with Crippen molar-refractivity contribution in [3.05, 3.63) is 65.0 Å². The lowest BCUT2D eigenvalue weighted by Gasteiger charge is -2.14. The molecule has 2 aromatic rings. The molecule has 148 valence electrons. The summed E-state index contributed by atoms with van der Waals surface area (Å²) in [4.78, 5) is 5.79. The SMILES string of the molecule is C=CCc1cn(OCCC)cc(-c2ccc(CCC(C#N)CCC)cc2)c1=S. The van der Waals surface area contributed by atoms with Gasteiger partial charge in [-0.1, -0.05) is 62.8 Å². The van der Waals surface area contributed by atoms with Gasteiger partial charge in [-0.3, -0.25) is 0 Å². The zero-order valence-electron chi connectivity index (χ0n) is 17.0. The van der Waals surface area contributed by atoms with E-state index in [0.29, 0.717) is 13.0 Å².